The Kier molecular flexibility index (Phi) is 11.2. The summed E-state index contributed by atoms with van der Waals surface area (Å²) in [5.74, 6) is 0.102. The van der Waals surface area contributed by atoms with E-state index >= 15 is 0 Å². The van der Waals surface area contributed by atoms with Crippen LogP contribution in [0.3, 0.4) is 0 Å². The van der Waals surface area contributed by atoms with Crippen molar-refractivity contribution < 1.29 is 38.1 Å². The summed E-state index contributed by atoms with van der Waals surface area (Å²) in [5.41, 5.74) is 18.2. The molecule has 0 radical (unpaired) electrons. The summed E-state index contributed by atoms with van der Waals surface area (Å²) in [6.07, 6.45) is 0.672. The van der Waals surface area contributed by atoms with Crippen LogP contribution in [0.2, 0.25) is 0 Å². The van der Waals surface area contributed by atoms with Gasteiger partial charge in [0.25, 0.3) is 0 Å². The van der Waals surface area contributed by atoms with Gasteiger partial charge in [0.05, 0.1) is 0 Å². The number of aryl methyl sites for hydroxylation is 2. The minimum atomic E-state index is -0.441. The van der Waals surface area contributed by atoms with Gasteiger partial charge in [0, 0.05) is 33.6 Å². The highest BCUT2D eigenvalue weighted by atomic mass is 16.6. The largest absolute Gasteiger partial charge is 0.425 e. The van der Waals surface area contributed by atoms with Crippen molar-refractivity contribution in [2.75, 3.05) is 0 Å². The van der Waals surface area contributed by atoms with Crippen molar-refractivity contribution in [3.05, 3.63) is 258 Å². The van der Waals surface area contributed by atoms with Gasteiger partial charge >= 0.3 is 23.9 Å². The van der Waals surface area contributed by atoms with Gasteiger partial charge in [-0.3, -0.25) is 19.2 Å². The van der Waals surface area contributed by atoms with E-state index < -0.39 is 29.1 Å². The predicted molar refractivity (Wildman–Crippen MR) is 283 cm³/mol. The van der Waals surface area contributed by atoms with Crippen LogP contribution in [0.5, 0.6) is 23.0 Å². The fourth-order valence-electron chi connectivity index (χ4n) is 12.5. The molecule has 8 heteroatoms. The van der Waals surface area contributed by atoms with Crippen molar-refractivity contribution in [2.24, 2.45) is 0 Å². The fraction of sp³-hybridized carbons (Fsp3) is 0.212. The molecule has 13 rings (SSSR count). The molecule has 0 aromatic heterocycles. The van der Waals surface area contributed by atoms with Gasteiger partial charge in [-0.25, -0.2) is 0 Å². The molecular weight excluding hydrogens is 921 g/mol. The number of benzene rings is 8. The van der Waals surface area contributed by atoms with Crippen molar-refractivity contribution in [1.82, 2.24) is 0 Å². The lowest BCUT2D eigenvalue weighted by atomic mass is 9.70. The Hall–Kier alpha value is -8.36. The highest BCUT2D eigenvalue weighted by Crippen LogP contribution is 2.55. The fourth-order valence-corrected chi connectivity index (χ4v) is 12.5. The van der Waals surface area contributed by atoms with E-state index in [1.165, 1.54) is 16.7 Å². The third-order valence-corrected chi connectivity index (χ3v) is 16.3. The van der Waals surface area contributed by atoms with Crippen molar-refractivity contribution in [2.45, 2.75) is 89.9 Å². The molecule has 0 saturated heterocycles. The number of ether oxygens (including phenoxy) is 4. The molecule has 366 valence electrons. The van der Waals surface area contributed by atoms with Crippen LogP contribution >= 0.6 is 0 Å². The van der Waals surface area contributed by atoms with E-state index in [2.05, 4.69) is 58.9 Å². The number of carbonyl (C=O) groups excluding carboxylic acids is 4. The number of esters is 4. The molecule has 8 aromatic carbocycles. The third-order valence-electron chi connectivity index (χ3n) is 16.3. The van der Waals surface area contributed by atoms with E-state index in [1.807, 2.05) is 147 Å². The Morgan fingerprint density at radius 2 is 0.865 bits per heavy atom. The van der Waals surface area contributed by atoms with Crippen LogP contribution in [0.25, 0.3) is 0 Å². The highest BCUT2D eigenvalue weighted by Gasteiger charge is 2.45. The molecule has 4 aliphatic heterocycles. The number of carbonyl (C=O) groups is 4. The second-order valence-corrected chi connectivity index (χ2v) is 20.9. The van der Waals surface area contributed by atoms with Crippen molar-refractivity contribution in [3.63, 3.8) is 0 Å². The van der Waals surface area contributed by atoms with Gasteiger partial charge in [0.2, 0.25) is 0 Å². The molecule has 74 heavy (non-hydrogen) atoms. The lowest BCUT2D eigenvalue weighted by Crippen LogP contribution is -2.20. The van der Waals surface area contributed by atoms with Crippen LogP contribution in [-0.2, 0) is 31.0 Å². The Balaban J connectivity index is 0.000000150. The lowest BCUT2D eigenvalue weighted by Gasteiger charge is -2.33. The summed E-state index contributed by atoms with van der Waals surface area (Å²) in [6.45, 7) is 14.8. The average Bonchev–Trinajstić information content (AvgIpc) is 4.17. The Labute approximate surface area is 430 Å². The summed E-state index contributed by atoms with van der Waals surface area (Å²) in [7, 11) is 0. The van der Waals surface area contributed by atoms with Crippen LogP contribution in [0, 0.1) is 27.7 Å². The standard InChI is InChI=1S/C34H28O4.C32H26O4/c1-17-15-23-18(2)26-20(4)27-28(21-11-7-5-8-12-21)33(35)38-32(27)19(3)24(26)16-25(23)30-29(34(36)37-31(17)30)22-13-9-6-10-14-22;1-19-16-23(18-25-28(31(34)36-29(19)25)21-12-8-5-9-13-21)32(2,3)22-14-15-26-24(17-22)27(30(33)35-26)20-10-6-4-7-11-20/h5-15,18,28-29H,16H2,1-4H3;4-18,27-28H,1-3H3. The van der Waals surface area contributed by atoms with Crippen molar-refractivity contribution in [1.29, 1.82) is 0 Å². The predicted octanol–water partition coefficient (Wildman–Crippen LogP) is 13.2. The number of fused-ring (bicyclic) bond motifs is 7. The van der Waals surface area contributed by atoms with Crippen LogP contribution in [0.15, 0.2) is 158 Å². The van der Waals surface area contributed by atoms with Gasteiger partial charge in [-0.2, -0.15) is 0 Å². The monoisotopic (exact) mass is 974 g/mol. The first-order chi connectivity index (χ1) is 35.7. The second-order valence-electron chi connectivity index (χ2n) is 20.9. The summed E-state index contributed by atoms with van der Waals surface area (Å²) in [6, 6.07) is 51.7. The van der Waals surface area contributed by atoms with E-state index in [-0.39, 0.29) is 29.8 Å². The Morgan fingerprint density at radius 1 is 0.405 bits per heavy atom. The van der Waals surface area contributed by atoms with Gasteiger partial charge in [-0.1, -0.05) is 160 Å². The molecule has 1 aliphatic carbocycles. The molecule has 8 aromatic rings. The molecule has 5 aliphatic rings. The van der Waals surface area contributed by atoms with Crippen LogP contribution in [0.1, 0.15) is 151 Å². The molecule has 5 atom stereocenters. The first-order valence-corrected chi connectivity index (χ1v) is 25.4. The zero-order valence-electron chi connectivity index (χ0n) is 42.4. The van der Waals surface area contributed by atoms with Gasteiger partial charge in [0.1, 0.15) is 46.7 Å². The summed E-state index contributed by atoms with van der Waals surface area (Å²) < 4.78 is 23.2. The summed E-state index contributed by atoms with van der Waals surface area (Å²) >= 11 is 0. The normalized spacial score (nSPS) is 19.6. The van der Waals surface area contributed by atoms with E-state index in [4.69, 9.17) is 18.9 Å². The van der Waals surface area contributed by atoms with Gasteiger partial charge in [-0.05, 0) is 130 Å². The summed E-state index contributed by atoms with van der Waals surface area (Å²) in [4.78, 5) is 52.1. The van der Waals surface area contributed by atoms with Gasteiger partial charge in [0.15, 0.2) is 0 Å². The molecule has 0 bridgehead atoms. The maximum absolute atomic E-state index is 13.2. The maximum atomic E-state index is 13.2. The molecular formula is C66H54O8. The van der Waals surface area contributed by atoms with Gasteiger partial charge in [-0.15, -0.1) is 0 Å². The molecule has 0 N–H and O–H groups in total. The molecule has 4 heterocycles. The average molecular weight is 975 g/mol. The lowest BCUT2D eigenvalue weighted by molar-refractivity contribution is -0.134. The van der Waals surface area contributed by atoms with E-state index in [0.717, 1.165) is 83.5 Å². The molecule has 0 fully saturated rings. The Bertz CT molecular complexity index is 3650. The SMILES string of the molecule is Cc1cc(C(C)(C)c2ccc3c(c2)C(c2ccccc2)C(=O)O3)cc2c1OC(=O)C2c1ccccc1.Cc1cc2c(c3c1OC(=O)C3c1ccccc1)Cc1c(C)c3c(c(C)c1C2C)C(c1ccccc1)C(=O)O3. The number of hydrogen-bond acceptors (Lipinski definition) is 8. The molecule has 0 saturated carbocycles. The third kappa shape index (κ3) is 7.32. The topological polar surface area (TPSA) is 105 Å². The summed E-state index contributed by atoms with van der Waals surface area (Å²) in [5, 5.41) is 0. The number of hydrogen-bond donors (Lipinski definition) is 0. The zero-order chi connectivity index (χ0) is 51.3. The van der Waals surface area contributed by atoms with E-state index in [0.29, 0.717) is 29.4 Å². The van der Waals surface area contributed by atoms with Crippen LogP contribution in [0.4, 0.5) is 0 Å². The maximum Gasteiger partial charge on any atom is 0.323 e. The van der Waals surface area contributed by atoms with Crippen LogP contribution in [-0.4, -0.2) is 23.9 Å². The van der Waals surface area contributed by atoms with Crippen molar-refractivity contribution in [3.8, 4) is 23.0 Å². The van der Waals surface area contributed by atoms with Crippen molar-refractivity contribution >= 4 is 23.9 Å². The zero-order valence-corrected chi connectivity index (χ0v) is 42.4. The number of rotatable bonds is 6. The molecule has 0 spiro atoms. The minimum Gasteiger partial charge on any atom is -0.425 e. The van der Waals surface area contributed by atoms with Gasteiger partial charge < -0.3 is 18.9 Å². The Morgan fingerprint density at radius 3 is 1.45 bits per heavy atom. The smallest absolute Gasteiger partial charge is 0.323 e. The first-order valence-electron chi connectivity index (χ1n) is 25.4. The van der Waals surface area contributed by atoms with Crippen LogP contribution < -0.4 is 18.9 Å². The molecule has 5 unspecified atom stereocenters. The molecule has 0 amide bonds. The quantitative estimate of drug-likeness (QED) is 0.120. The highest BCUT2D eigenvalue weighted by molar-refractivity contribution is 5.94. The van der Waals surface area contributed by atoms with E-state index in [9.17, 15) is 19.2 Å². The van der Waals surface area contributed by atoms with E-state index in [1.54, 1.807) is 0 Å². The first kappa shape index (κ1) is 46.7. The second kappa shape index (κ2) is 17.7. The molecule has 8 nitrogen and oxygen atoms in total. The minimum absolute atomic E-state index is 0.0981.